The Kier molecular flexibility index (Phi) is 7.47. The van der Waals surface area contributed by atoms with Crippen LogP contribution < -0.4 is 20.1 Å². The molecule has 0 aliphatic heterocycles. The molecule has 3 rings (SSSR count). The molecule has 9 nitrogen and oxygen atoms in total. The molecule has 0 radical (unpaired) electrons. The molecule has 0 saturated carbocycles. The van der Waals surface area contributed by atoms with Crippen LogP contribution in [0.15, 0.2) is 47.8 Å². The standard InChI is InChI=1S/C18H15Cl2F3N6O3S/c1-24-33(30,31)10-2-3-14(32-8-18(21,22)23)13(4-10)28-16-6-17(27-9-26-16)29-15-5-11(19)12(20)7-25-15/h2-7,9,24H,8H2,1H3,(H2,25,26,27,28,29). The van der Waals surface area contributed by atoms with E-state index in [2.05, 4.69) is 30.3 Å². The van der Waals surface area contributed by atoms with Gasteiger partial charge in [-0.05, 0) is 25.2 Å². The molecule has 15 heteroatoms. The molecule has 0 unspecified atom stereocenters. The first kappa shape index (κ1) is 24.8. The molecule has 0 fully saturated rings. The zero-order valence-electron chi connectivity index (χ0n) is 16.6. The third-order valence-electron chi connectivity index (χ3n) is 3.92. The molecule has 2 aromatic heterocycles. The molecule has 0 atom stereocenters. The Labute approximate surface area is 196 Å². The van der Waals surface area contributed by atoms with Crippen molar-refractivity contribution in [2.45, 2.75) is 11.1 Å². The van der Waals surface area contributed by atoms with E-state index in [-0.39, 0.29) is 38.0 Å². The van der Waals surface area contributed by atoms with Gasteiger partial charge in [0.05, 0.1) is 20.6 Å². The maximum atomic E-state index is 12.6. The fraction of sp³-hybridized carbons (Fsp3) is 0.167. The van der Waals surface area contributed by atoms with Gasteiger partial charge in [0.2, 0.25) is 10.0 Å². The van der Waals surface area contributed by atoms with Crippen LogP contribution in [-0.2, 0) is 10.0 Å². The van der Waals surface area contributed by atoms with Crippen LogP contribution in [0.1, 0.15) is 0 Å². The average Bonchev–Trinajstić information content (AvgIpc) is 2.75. The Morgan fingerprint density at radius 1 is 0.970 bits per heavy atom. The number of nitrogens with one attached hydrogen (secondary N) is 3. The van der Waals surface area contributed by atoms with Gasteiger partial charge in [-0.3, -0.25) is 0 Å². The van der Waals surface area contributed by atoms with Gasteiger partial charge in [0.1, 0.15) is 29.5 Å². The van der Waals surface area contributed by atoms with Gasteiger partial charge in [-0.15, -0.1) is 0 Å². The second-order valence-corrected chi connectivity index (χ2v) is 8.99. The largest absolute Gasteiger partial charge is 0.482 e. The number of anilines is 4. The van der Waals surface area contributed by atoms with Gasteiger partial charge in [0.25, 0.3) is 0 Å². The van der Waals surface area contributed by atoms with Crippen LogP contribution in [-0.4, -0.2) is 43.2 Å². The van der Waals surface area contributed by atoms with E-state index in [4.69, 9.17) is 27.9 Å². The van der Waals surface area contributed by atoms with E-state index in [1.807, 2.05) is 0 Å². The lowest BCUT2D eigenvalue weighted by atomic mass is 10.3. The van der Waals surface area contributed by atoms with Gasteiger partial charge in [-0.25, -0.2) is 28.1 Å². The summed E-state index contributed by atoms with van der Waals surface area (Å²) in [5, 5.41) is 6.14. The molecule has 3 aromatic rings. The molecule has 2 heterocycles. The smallest absolute Gasteiger partial charge is 0.422 e. The lowest BCUT2D eigenvalue weighted by Crippen LogP contribution is -2.20. The molecule has 0 aliphatic rings. The summed E-state index contributed by atoms with van der Waals surface area (Å²) in [7, 11) is -2.67. The van der Waals surface area contributed by atoms with Crippen molar-refractivity contribution in [3.05, 3.63) is 52.9 Å². The number of nitrogens with zero attached hydrogens (tertiary/aromatic N) is 3. The monoisotopic (exact) mass is 522 g/mol. The average molecular weight is 523 g/mol. The van der Waals surface area contributed by atoms with Gasteiger partial charge < -0.3 is 15.4 Å². The maximum Gasteiger partial charge on any atom is 0.422 e. The Balaban J connectivity index is 1.90. The summed E-state index contributed by atoms with van der Waals surface area (Å²) in [6.07, 6.45) is -2.08. The number of hydrogen-bond acceptors (Lipinski definition) is 8. The highest BCUT2D eigenvalue weighted by molar-refractivity contribution is 7.89. The van der Waals surface area contributed by atoms with Gasteiger partial charge in [0.15, 0.2) is 6.61 Å². The van der Waals surface area contributed by atoms with E-state index < -0.39 is 22.8 Å². The van der Waals surface area contributed by atoms with Crippen LogP contribution in [0.25, 0.3) is 0 Å². The summed E-state index contributed by atoms with van der Waals surface area (Å²) < 4.78 is 69.1. The second kappa shape index (κ2) is 9.95. The van der Waals surface area contributed by atoms with E-state index >= 15 is 0 Å². The van der Waals surface area contributed by atoms with Crippen molar-refractivity contribution in [3.8, 4) is 5.75 Å². The van der Waals surface area contributed by atoms with Gasteiger partial charge in [-0.1, -0.05) is 23.2 Å². The highest BCUT2D eigenvalue weighted by Crippen LogP contribution is 2.32. The van der Waals surface area contributed by atoms with Crippen LogP contribution in [0.2, 0.25) is 10.0 Å². The van der Waals surface area contributed by atoms with E-state index in [1.54, 1.807) is 0 Å². The minimum absolute atomic E-state index is 0.0621. The van der Waals surface area contributed by atoms with Crippen LogP contribution in [0.5, 0.6) is 5.75 Å². The van der Waals surface area contributed by atoms with Crippen molar-refractivity contribution < 1.29 is 26.3 Å². The zero-order chi connectivity index (χ0) is 24.2. The van der Waals surface area contributed by atoms with Crippen molar-refractivity contribution in [3.63, 3.8) is 0 Å². The van der Waals surface area contributed by atoms with E-state index in [9.17, 15) is 21.6 Å². The van der Waals surface area contributed by atoms with Crippen molar-refractivity contribution in [1.82, 2.24) is 19.7 Å². The van der Waals surface area contributed by atoms with E-state index in [0.717, 1.165) is 18.2 Å². The summed E-state index contributed by atoms with van der Waals surface area (Å²) in [5.41, 5.74) is -0.0621. The van der Waals surface area contributed by atoms with E-state index in [1.165, 1.54) is 31.7 Å². The molecule has 0 saturated heterocycles. The van der Waals surface area contributed by atoms with Crippen LogP contribution in [0, 0.1) is 0 Å². The second-order valence-electron chi connectivity index (χ2n) is 6.29. The Morgan fingerprint density at radius 2 is 1.64 bits per heavy atom. The number of rotatable bonds is 8. The Bertz CT molecular complexity index is 1260. The number of hydrogen-bond donors (Lipinski definition) is 3. The normalized spacial score (nSPS) is 11.8. The molecular formula is C18H15Cl2F3N6O3S. The van der Waals surface area contributed by atoms with Gasteiger partial charge >= 0.3 is 6.18 Å². The minimum Gasteiger partial charge on any atom is -0.482 e. The lowest BCUT2D eigenvalue weighted by molar-refractivity contribution is -0.153. The molecule has 0 amide bonds. The molecule has 176 valence electrons. The quantitative estimate of drug-likeness (QED) is 0.395. The maximum absolute atomic E-state index is 12.6. The fourth-order valence-electron chi connectivity index (χ4n) is 2.42. The number of aromatic nitrogens is 3. The highest BCUT2D eigenvalue weighted by Gasteiger charge is 2.29. The van der Waals surface area contributed by atoms with Crippen LogP contribution in [0.4, 0.5) is 36.3 Å². The van der Waals surface area contributed by atoms with Gasteiger partial charge in [0, 0.05) is 18.3 Å². The summed E-state index contributed by atoms with van der Waals surface area (Å²) in [4.78, 5) is 11.9. The first-order valence-corrected chi connectivity index (χ1v) is 11.1. The van der Waals surface area contributed by atoms with Crippen molar-refractivity contribution in [1.29, 1.82) is 0 Å². The summed E-state index contributed by atoms with van der Waals surface area (Å²) >= 11 is 11.8. The Morgan fingerprint density at radius 3 is 2.27 bits per heavy atom. The molecule has 3 N–H and O–H groups in total. The van der Waals surface area contributed by atoms with Crippen molar-refractivity contribution in [2.24, 2.45) is 0 Å². The molecule has 0 bridgehead atoms. The number of sulfonamides is 1. The first-order chi connectivity index (χ1) is 15.5. The summed E-state index contributed by atoms with van der Waals surface area (Å²) in [5.74, 6) is 0.477. The SMILES string of the molecule is CNS(=O)(=O)c1ccc(OCC(F)(F)F)c(Nc2cc(Nc3cc(Cl)c(Cl)cn3)ncn2)c1. The number of alkyl halides is 3. The predicted molar refractivity (Wildman–Crippen MR) is 117 cm³/mol. The number of ether oxygens (including phenoxy) is 1. The first-order valence-electron chi connectivity index (χ1n) is 8.91. The molecule has 0 aliphatic carbocycles. The molecule has 1 aromatic carbocycles. The highest BCUT2D eigenvalue weighted by atomic mass is 35.5. The number of benzene rings is 1. The summed E-state index contributed by atoms with van der Waals surface area (Å²) in [6.45, 7) is -1.57. The zero-order valence-corrected chi connectivity index (χ0v) is 18.9. The summed E-state index contributed by atoms with van der Waals surface area (Å²) in [6, 6.07) is 6.22. The number of halogens is 5. The molecular weight excluding hydrogens is 508 g/mol. The van der Waals surface area contributed by atoms with Crippen molar-refractivity contribution >= 4 is 56.4 Å². The lowest BCUT2D eigenvalue weighted by Gasteiger charge is -2.16. The number of pyridine rings is 1. The van der Waals surface area contributed by atoms with E-state index in [0.29, 0.717) is 5.82 Å². The fourth-order valence-corrected chi connectivity index (χ4v) is 3.43. The van der Waals surface area contributed by atoms with Crippen LogP contribution in [0.3, 0.4) is 0 Å². The third-order valence-corrected chi connectivity index (χ3v) is 6.04. The third kappa shape index (κ3) is 6.81. The topological polar surface area (TPSA) is 118 Å². The van der Waals surface area contributed by atoms with Gasteiger partial charge in [-0.2, -0.15) is 13.2 Å². The Hall–Kier alpha value is -2.87. The van der Waals surface area contributed by atoms with Crippen LogP contribution >= 0.6 is 23.2 Å². The van der Waals surface area contributed by atoms with Crippen molar-refractivity contribution in [2.75, 3.05) is 24.3 Å². The molecule has 0 spiro atoms. The predicted octanol–water partition coefficient (Wildman–Crippen LogP) is 4.51. The minimum atomic E-state index is -4.59. The molecule has 33 heavy (non-hydrogen) atoms.